The maximum atomic E-state index is 11.8. The normalized spacial score (nSPS) is 12.2. The smallest absolute Gasteiger partial charge is 0.344 e. The van der Waals surface area contributed by atoms with E-state index in [1.165, 1.54) is 0 Å². The lowest BCUT2D eigenvalue weighted by Gasteiger charge is -2.19. The Morgan fingerprint density at radius 3 is 2.41 bits per heavy atom. The van der Waals surface area contributed by atoms with Crippen LogP contribution in [0.5, 0.6) is 17.2 Å². The summed E-state index contributed by atoms with van der Waals surface area (Å²) in [7, 11) is 3.19. The van der Waals surface area contributed by atoms with Crippen molar-refractivity contribution in [2.24, 2.45) is 0 Å². The maximum Gasteiger partial charge on any atom is 0.344 e. The first-order valence-corrected chi connectivity index (χ1v) is 9.55. The molecule has 0 bridgehead atoms. The Morgan fingerprint density at radius 1 is 1.03 bits per heavy atom. The van der Waals surface area contributed by atoms with Gasteiger partial charge in [0.05, 0.1) is 20.3 Å². The second-order valence-electron chi connectivity index (χ2n) is 7.69. The second-order valence-corrected chi connectivity index (χ2v) is 7.69. The van der Waals surface area contributed by atoms with E-state index in [2.05, 4.69) is 0 Å². The highest BCUT2D eigenvalue weighted by atomic mass is 16.6. The molecule has 0 aromatic heterocycles. The molecule has 158 valence electrons. The number of carbonyl (C=O) groups excluding carboxylic acids is 1. The molecular weight excluding hydrogens is 372 g/mol. The quantitative estimate of drug-likeness (QED) is 0.637. The van der Waals surface area contributed by atoms with Crippen molar-refractivity contribution in [3.8, 4) is 17.2 Å². The zero-order chi connectivity index (χ0) is 21.4. The van der Waals surface area contributed by atoms with Crippen LogP contribution >= 0.6 is 0 Å². The summed E-state index contributed by atoms with van der Waals surface area (Å²) in [5.41, 5.74) is 1.22. The van der Waals surface area contributed by atoms with Crippen molar-refractivity contribution in [3.63, 3.8) is 0 Å². The number of rotatable bonds is 9. The SMILES string of the molecule is COc1ccc(CC[C@@H](O)c2cccc(OCC(=O)OC(C)(C)C)c2)cc1OC. The van der Waals surface area contributed by atoms with Crippen LogP contribution in [0.2, 0.25) is 0 Å². The van der Waals surface area contributed by atoms with E-state index in [-0.39, 0.29) is 6.61 Å². The third kappa shape index (κ3) is 7.31. The van der Waals surface area contributed by atoms with Crippen LogP contribution in [0.15, 0.2) is 42.5 Å². The molecule has 0 aliphatic heterocycles. The first-order chi connectivity index (χ1) is 13.7. The molecule has 0 aliphatic carbocycles. The van der Waals surface area contributed by atoms with Crippen LogP contribution in [0.1, 0.15) is 44.4 Å². The minimum atomic E-state index is -0.659. The molecular formula is C23H30O6. The molecule has 6 nitrogen and oxygen atoms in total. The fraction of sp³-hybridized carbons (Fsp3) is 0.435. The standard InChI is InChI=1S/C23H30O6/c1-23(2,3)29-22(25)15-28-18-8-6-7-17(14-18)19(24)11-9-16-10-12-20(26-4)21(13-16)27-5/h6-8,10,12-14,19,24H,9,11,15H2,1-5H3/t19-/m1/s1. The molecule has 0 heterocycles. The summed E-state index contributed by atoms with van der Waals surface area (Å²) in [5, 5.41) is 10.6. The van der Waals surface area contributed by atoms with Gasteiger partial charge in [-0.1, -0.05) is 18.2 Å². The van der Waals surface area contributed by atoms with E-state index in [4.69, 9.17) is 18.9 Å². The minimum absolute atomic E-state index is 0.178. The molecule has 6 heteroatoms. The largest absolute Gasteiger partial charge is 0.493 e. The van der Waals surface area contributed by atoms with Crippen molar-refractivity contribution in [2.75, 3.05) is 20.8 Å². The Morgan fingerprint density at radius 2 is 1.76 bits per heavy atom. The Hall–Kier alpha value is -2.73. The highest BCUT2D eigenvalue weighted by Crippen LogP contribution is 2.29. The summed E-state index contributed by atoms with van der Waals surface area (Å²) in [5.74, 6) is 1.42. The molecule has 0 unspecified atom stereocenters. The number of hydrogen-bond donors (Lipinski definition) is 1. The van der Waals surface area contributed by atoms with E-state index >= 15 is 0 Å². The van der Waals surface area contributed by atoms with Gasteiger partial charge in [0.15, 0.2) is 18.1 Å². The zero-order valence-electron chi connectivity index (χ0n) is 17.7. The average Bonchev–Trinajstić information content (AvgIpc) is 2.69. The van der Waals surface area contributed by atoms with Gasteiger partial charge in [0.2, 0.25) is 0 Å². The van der Waals surface area contributed by atoms with Gasteiger partial charge in [-0.2, -0.15) is 0 Å². The number of aryl methyl sites for hydroxylation is 1. The molecule has 1 atom stereocenters. The van der Waals surface area contributed by atoms with Gasteiger partial charge in [-0.05, 0) is 69.0 Å². The Kier molecular flexibility index (Phi) is 7.91. The summed E-state index contributed by atoms with van der Waals surface area (Å²) in [6, 6.07) is 12.8. The number of carbonyl (C=O) groups is 1. The Bertz CT molecular complexity index is 809. The monoisotopic (exact) mass is 402 g/mol. The summed E-state index contributed by atoms with van der Waals surface area (Å²) < 4.78 is 21.3. The van der Waals surface area contributed by atoms with Crippen LogP contribution in [-0.4, -0.2) is 37.5 Å². The Balaban J connectivity index is 1.93. The minimum Gasteiger partial charge on any atom is -0.493 e. The first-order valence-electron chi connectivity index (χ1n) is 9.55. The molecule has 0 radical (unpaired) electrons. The maximum absolute atomic E-state index is 11.8. The van der Waals surface area contributed by atoms with Gasteiger partial charge >= 0.3 is 5.97 Å². The van der Waals surface area contributed by atoms with Gasteiger partial charge in [-0.15, -0.1) is 0 Å². The van der Waals surface area contributed by atoms with Crippen LogP contribution < -0.4 is 14.2 Å². The van der Waals surface area contributed by atoms with Crippen molar-refractivity contribution in [3.05, 3.63) is 53.6 Å². The number of methoxy groups -OCH3 is 2. The number of esters is 1. The summed E-state index contributed by atoms with van der Waals surface area (Å²) in [6.45, 7) is 5.24. The second kappa shape index (κ2) is 10.2. The molecule has 0 spiro atoms. The molecule has 2 aromatic rings. The zero-order valence-corrected chi connectivity index (χ0v) is 17.7. The number of benzene rings is 2. The van der Waals surface area contributed by atoms with Crippen molar-refractivity contribution in [2.45, 2.75) is 45.3 Å². The lowest BCUT2D eigenvalue weighted by Crippen LogP contribution is -2.27. The van der Waals surface area contributed by atoms with Gasteiger partial charge in [0.25, 0.3) is 0 Å². The summed E-state index contributed by atoms with van der Waals surface area (Å²) in [4.78, 5) is 11.8. The molecule has 1 N–H and O–H groups in total. The third-order valence-corrected chi connectivity index (χ3v) is 4.17. The molecule has 0 saturated heterocycles. The Labute approximate surface area is 172 Å². The number of ether oxygens (including phenoxy) is 4. The predicted molar refractivity (Wildman–Crippen MR) is 111 cm³/mol. The van der Waals surface area contributed by atoms with Gasteiger partial charge in [-0.3, -0.25) is 0 Å². The summed E-state index contributed by atoms with van der Waals surface area (Å²) in [6.07, 6.45) is 0.545. The van der Waals surface area contributed by atoms with Crippen molar-refractivity contribution < 1.29 is 28.8 Å². The van der Waals surface area contributed by atoms with Crippen molar-refractivity contribution in [1.29, 1.82) is 0 Å². The van der Waals surface area contributed by atoms with Crippen LogP contribution in [-0.2, 0) is 16.0 Å². The van der Waals surface area contributed by atoms with E-state index in [0.717, 1.165) is 11.1 Å². The molecule has 2 rings (SSSR count). The van der Waals surface area contributed by atoms with Crippen LogP contribution in [0.3, 0.4) is 0 Å². The molecule has 0 amide bonds. The van der Waals surface area contributed by atoms with E-state index in [1.807, 2.05) is 24.3 Å². The van der Waals surface area contributed by atoms with Gasteiger partial charge in [-0.25, -0.2) is 4.79 Å². The number of hydrogen-bond acceptors (Lipinski definition) is 6. The van der Waals surface area contributed by atoms with Crippen LogP contribution in [0.4, 0.5) is 0 Å². The topological polar surface area (TPSA) is 74.2 Å². The number of aliphatic hydroxyl groups excluding tert-OH is 1. The third-order valence-electron chi connectivity index (χ3n) is 4.17. The van der Waals surface area contributed by atoms with Gasteiger partial charge in [0.1, 0.15) is 11.4 Å². The fourth-order valence-corrected chi connectivity index (χ4v) is 2.83. The van der Waals surface area contributed by atoms with Crippen molar-refractivity contribution >= 4 is 5.97 Å². The average molecular weight is 402 g/mol. The van der Waals surface area contributed by atoms with E-state index in [1.54, 1.807) is 53.2 Å². The lowest BCUT2D eigenvalue weighted by atomic mass is 10.0. The predicted octanol–water partition coefficient (Wildman–Crippen LogP) is 4.09. The van der Waals surface area contributed by atoms with Crippen molar-refractivity contribution in [1.82, 2.24) is 0 Å². The van der Waals surface area contributed by atoms with Crippen LogP contribution in [0, 0.1) is 0 Å². The van der Waals surface area contributed by atoms with E-state index < -0.39 is 17.7 Å². The molecule has 0 fully saturated rings. The molecule has 0 aliphatic rings. The molecule has 2 aromatic carbocycles. The highest BCUT2D eigenvalue weighted by molar-refractivity contribution is 5.71. The summed E-state index contributed by atoms with van der Waals surface area (Å²) >= 11 is 0. The number of aliphatic hydroxyl groups is 1. The van der Waals surface area contributed by atoms with Gasteiger partial charge < -0.3 is 24.1 Å². The van der Waals surface area contributed by atoms with E-state index in [0.29, 0.717) is 30.1 Å². The fourth-order valence-electron chi connectivity index (χ4n) is 2.83. The molecule has 0 saturated carbocycles. The first kappa shape index (κ1) is 22.6. The van der Waals surface area contributed by atoms with Crippen LogP contribution in [0.25, 0.3) is 0 Å². The van der Waals surface area contributed by atoms with Gasteiger partial charge in [0, 0.05) is 0 Å². The highest BCUT2D eigenvalue weighted by Gasteiger charge is 2.17. The molecule has 29 heavy (non-hydrogen) atoms. The lowest BCUT2D eigenvalue weighted by molar-refractivity contribution is -0.157. The van der Waals surface area contributed by atoms with E-state index in [9.17, 15) is 9.90 Å².